The van der Waals surface area contributed by atoms with Crippen LogP contribution >= 0.6 is 0 Å². The van der Waals surface area contributed by atoms with E-state index >= 15 is 0 Å². The molecule has 7 aromatic carbocycles. The molecule has 0 fully saturated rings. The predicted molar refractivity (Wildman–Crippen MR) is 186 cm³/mol. The second-order valence-corrected chi connectivity index (χ2v) is 11.4. The van der Waals surface area contributed by atoms with E-state index in [0.29, 0.717) is 0 Å². The van der Waals surface area contributed by atoms with E-state index in [9.17, 15) is 0 Å². The van der Waals surface area contributed by atoms with Crippen LogP contribution in [-0.4, -0.2) is 9.13 Å². The van der Waals surface area contributed by atoms with Crippen LogP contribution in [0.25, 0.3) is 77.2 Å². The summed E-state index contributed by atoms with van der Waals surface area (Å²) in [7, 11) is 0. The largest absolute Gasteiger partial charge is 0.309 e. The molecule has 9 rings (SSSR count). The summed E-state index contributed by atoms with van der Waals surface area (Å²) in [6, 6.07) is 61.3. The minimum Gasteiger partial charge on any atom is -0.309 e. The summed E-state index contributed by atoms with van der Waals surface area (Å²) >= 11 is 0. The van der Waals surface area contributed by atoms with Gasteiger partial charge in [0.2, 0.25) is 0 Å². The van der Waals surface area contributed by atoms with E-state index in [2.05, 4.69) is 179 Å². The molecule has 9 aromatic rings. The van der Waals surface area contributed by atoms with Gasteiger partial charge in [0.1, 0.15) is 0 Å². The van der Waals surface area contributed by atoms with Crippen molar-refractivity contribution in [1.82, 2.24) is 9.13 Å². The molecule has 0 radical (unpaired) electrons. The fraction of sp³-hybridized carbons (Fsp3) is 0. The van der Waals surface area contributed by atoms with E-state index in [0.717, 1.165) is 11.4 Å². The summed E-state index contributed by atoms with van der Waals surface area (Å²) in [6.45, 7) is 0. The van der Waals surface area contributed by atoms with E-state index in [1.165, 1.54) is 65.9 Å². The fourth-order valence-corrected chi connectivity index (χ4v) is 7.04. The maximum atomic E-state index is 2.45. The Balaban J connectivity index is 1.43. The second-order valence-electron chi connectivity index (χ2n) is 11.4. The minimum atomic E-state index is 1.16. The molecule has 0 atom stereocenters. The molecule has 2 aromatic heterocycles. The Hall–Kier alpha value is -5.86. The molecular formula is C42H28N2. The van der Waals surface area contributed by atoms with Crippen molar-refractivity contribution in [1.29, 1.82) is 0 Å². The minimum absolute atomic E-state index is 1.16. The van der Waals surface area contributed by atoms with Crippen LogP contribution in [-0.2, 0) is 0 Å². The van der Waals surface area contributed by atoms with E-state index < -0.39 is 0 Å². The average molecular weight is 561 g/mol. The van der Waals surface area contributed by atoms with Gasteiger partial charge in [-0.25, -0.2) is 0 Å². The van der Waals surface area contributed by atoms with Gasteiger partial charge in [-0.2, -0.15) is 0 Å². The lowest BCUT2D eigenvalue weighted by Gasteiger charge is -2.12. The summed E-state index contributed by atoms with van der Waals surface area (Å²) in [5.74, 6) is 0. The van der Waals surface area contributed by atoms with Crippen LogP contribution in [0.2, 0.25) is 0 Å². The highest BCUT2D eigenvalue weighted by molar-refractivity contribution is 6.30. The van der Waals surface area contributed by atoms with Gasteiger partial charge >= 0.3 is 0 Å². The Morgan fingerprint density at radius 2 is 0.864 bits per heavy atom. The van der Waals surface area contributed by atoms with Crippen molar-refractivity contribution in [2.45, 2.75) is 0 Å². The van der Waals surface area contributed by atoms with Crippen molar-refractivity contribution in [3.63, 3.8) is 0 Å². The third-order valence-corrected chi connectivity index (χ3v) is 8.90. The normalized spacial score (nSPS) is 11.6. The van der Waals surface area contributed by atoms with Crippen LogP contribution in [0.3, 0.4) is 0 Å². The van der Waals surface area contributed by atoms with E-state index in [1.54, 1.807) is 0 Å². The summed E-state index contributed by atoms with van der Waals surface area (Å²) in [4.78, 5) is 0. The number of rotatable bonds is 4. The summed E-state index contributed by atoms with van der Waals surface area (Å²) in [6.07, 6.45) is 0. The first-order chi connectivity index (χ1) is 21.9. The highest BCUT2D eigenvalue weighted by atomic mass is 15.0. The van der Waals surface area contributed by atoms with Crippen molar-refractivity contribution in [3.05, 3.63) is 170 Å². The molecule has 0 spiro atoms. The number of aromatic nitrogens is 2. The van der Waals surface area contributed by atoms with Gasteiger partial charge < -0.3 is 9.13 Å². The highest BCUT2D eigenvalue weighted by Crippen LogP contribution is 2.44. The molecule has 0 N–H and O–H groups in total. The lowest BCUT2D eigenvalue weighted by molar-refractivity contribution is 1.17. The molecule has 0 amide bonds. The van der Waals surface area contributed by atoms with Gasteiger partial charge in [0, 0.05) is 38.5 Å². The molecule has 0 aliphatic rings. The fourth-order valence-electron chi connectivity index (χ4n) is 7.04. The van der Waals surface area contributed by atoms with Crippen LogP contribution in [0.5, 0.6) is 0 Å². The third-order valence-electron chi connectivity index (χ3n) is 8.90. The molecular weight excluding hydrogens is 532 g/mol. The molecule has 2 heterocycles. The monoisotopic (exact) mass is 560 g/mol. The second kappa shape index (κ2) is 9.86. The highest BCUT2D eigenvalue weighted by Gasteiger charge is 2.22. The molecule has 2 nitrogen and oxygen atoms in total. The Labute approximate surface area is 255 Å². The van der Waals surface area contributed by atoms with Crippen molar-refractivity contribution in [2.24, 2.45) is 0 Å². The lowest BCUT2D eigenvalue weighted by atomic mass is 10.0. The Kier molecular flexibility index (Phi) is 5.54. The predicted octanol–water partition coefficient (Wildman–Crippen LogP) is 11.2. The first-order valence-electron chi connectivity index (χ1n) is 15.1. The SMILES string of the molecule is c1ccc(-c2cccc(-n3c4ccccc4c4c5c6cccc(-c7ccccc7)c6n(-c6ccccc6)c5ccc43)c2)cc1. The van der Waals surface area contributed by atoms with Crippen LogP contribution in [0.4, 0.5) is 0 Å². The zero-order chi connectivity index (χ0) is 29.0. The van der Waals surface area contributed by atoms with E-state index in [1.807, 2.05) is 0 Å². The Morgan fingerprint density at radius 3 is 1.64 bits per heavy atom. The number of benzene rings is 7. The molecule has 0 saturated heterocycles. The van der Waals surface area contributed by atoms with Crippen molar-refractivity contribution >= 4 is 43.6 Å². The van der Waals surface area contributed by atoms with Crippen LogP contribution in [0.15, 0.2) is 170 Å². The van der Waals surface area contributed by atoms with Crippen molar-refractivity contribution in [2.75, 3.05) is 0 Å². The average Bonchev–Trinajstić information content (AvgIpc) is 3.62. The molecule has 0 saturated carbocycles. The number of para-hydroxylation sites is 3. The number of hydrogen-bond donors (Lipinski definition) is 0. The van der Waals surface area contributed by atoms with Gasteiger partial charge in [0.05, 0.1) is 22.1 Å². The Morgan fingerprint density at radius 1 is 0.318 bits per heavy atom. The lowest BCUT2D eigenvalue weighted by Crippen LogP contribution is -1.96. The molecule has 0 aliphatic carbocycles. The number of nitrogens with zero attached hydrogens (tertiary/aromatic N) is 2. The van der Waals surface area contributed by atoms with Crippen LogP contribution in [0.1, 0.15) is 0 Å². The zero-order valence-corrected chi connectivity index (χ0v) is 24.1. The topological polar surface area (TPSA) is 9.86 Å². The molecule has 0 aliphatic heterocycles. The Bertz CT molecular complexity index is 2470. The van der Waals surface area contributed by atoms with Crippen LogP contribution in [0, 0.1) is 0 Å². The van der Waals surface area contributed by atoms with Gasteiger partial charge in [-0.05, 0) is 59.2 Å². The van der Waals surface area contributed by atoms with Gasteiger partial charge in [-0.1, -0.05) is 127 Å². The van der Waals surface area contributed by atoms with Crippen molar-refractivity contribution < 1.29 is 0 Å². The zero-order valence-electron chi connectivity index (χ0n) is 24.1. The van der Waals surface area contributed by atoms with Gasteiger partial charge in [-0.15, -0.1) is 0 Å². The first-order valence-corrected chi connectivity index (χ1v) is 15.1. The first kappa shape index (κ1) is 24.7. The van der Waals surface area contributed by atoms with E-state index in [4.69, 9.17) is 0 Å². The maximum absolute atomic E-state index is 2.45. The van der Waals surface area contributed by atoms with E-state index in [-0.39, 0.29) is 0 Å². The molecule has 0 bridgehead atoms. The summed E-state index contributed by atoms with van der Waals surface area (Å²) in [5.41, 5.74) is 12.1. The molecule has 2 heteroatoms. The van der Waals surface area contributed by atoms with Crippen LogP contribution < -0.4 is 0 Å². The third kappa shape index (κ3) is 3.68. The van der Waals surface area contributed by atoms with Gasteiger partial charge in [-0.3, -0.25) is 0 Å². The van der Waals surface area contributed by atoms with Gasteiger partial charge in [0.25, 0.3) is 0 Å². The smallest absolute Gasteiger partial charge is 0.0619 e. The standard InChI is InChI=1S/C42H28N2/c1-4-14-29(15-5-1)31-18-12-21-33(28-31)43-37-25-11-10-22-35(37)40-38(43)26-27-39-41(40)36-24-13-23-34(30-16-6-2-7-17-30)42(36)44(39)32-19-8-3-9-20-32/h1-28H. The summed E-state index contributed by atoms with van der Waals surface area (Å²) < 4.78 is 4.89. The quantitative estimate of drug-likeness (QED) is 0.203. The van der Waals surface area contributed by atoms with Gasteiger partial charge in [0.15, 0.2) is 0 Å². The number of hydrogen-bond acceptors (Lipinski definition) is 0. The number of fused-ring (bicyclic) bond motifs is 7. The van der Waals surface area contributed by atoms with Crippen molar-refractivity contribution in [3.8, 4) is 33.6 Å². The molecule has 206 valence electrons. The molecule has 44 heavy (non-hydrogen) atoms. The molecule has 0 unspecified atom stereocenters. The summed E-state index contributed by atoms with van der Waals surface area (Å²) in [5, 5.41) is 5.09. The maximum Gasteiger partial charge on any atom is 0.0619 e.